The number of ether oxygens (including phenoxy) is 1. The number of benzene rings is 1. The lowest BCUT2D eigenvalue weighted by Gasteiger charge is -2.34. The maximum atomic E-state index is 12.6. The van der Waals surface area contributed by atoms with Crippen LogP contribution in [0.5, 0.6) is 5.75 Å². The quantitative estimate of drug-likeness (QED) is 0.840. The van der Waals surface area contributed by atoms with E-state index in [0.29, 0.717) is 0 Å². The van der Waals surface area contributed by atoms with E-state index in [9.17, 15) is 4.21 Å². The van der Waals surface area contributed by atoms with Crippen LogP contribution in [0.3, 0.4) is 0 Å². The summed E-state index contributed by atoms with van der Waals surface area (Å²) in [4.78, 5) is 0. The minimum atomic E-state index is -0.748. The molecule has 0 fully saturated rings. The zero-order valence-corrected chi connectivity index (χ0v) is 14.2. The van der Waals surface area contributed by atoms with Crippen molar-refractivity contribution in [2.45, 2.75) is 50.8 Å². The fourth-order valence-corrected chi connectivity index (χ4v) is 4.70. The van der Waals surface area contributed by atoms with Gasteiger partial charge in [0.05, 0.1) is 12.4 Å². The molecule has 21 heavy (non-hydrogen) atoms. The van der Waals surface area contributed by atoms with E-state index in [0.717, 1.165) is 43.7 Å². The SMILES string of the molecule is CCCNC1c2ccc(OC)cc2CCC1S(=O)CCC. The van der Waals surface area contributed by atoms with Crippen molar-refractivity contribution in [3.05, 3.63) is 29.3 Å². The molecule has 1 aromatic carbocycles. The standard InChI is InChI=1S/C17H27NO2S/c1-4-10-18-17-15-8-7-14(20-3)12-13(15)6-9-16(17)21(19)11-5-2/h7-8,12,16-18H,4-6,9-11H2,1-3H3. The van der Waals surface area contributed by atoms with Crippen molar-refractivity contribution in [3.8, 4) is 5.75 Å². The van der Waals surface area contributed by atoms with Gasteiger partial charge in [0.25, 0.3) is 0 Å². The first-order valence-corrected chi connectivity index (χ1v) is 9.36. The zero-order chi connectivity index (χ0) is 15.2. The summed E-state index contributed by atoms with van der Waals surface area (Å²) in [6, 6.07) is 6.52. The van der Waals surface area contributed by atoms with E-state index in [1.54, 1.807) is 7.11 Å². The van der Waals surface area contributed by atoms with Crippen LogP contribution in [0, 0.1) is 0 Å². The number of hydrogen-bond donors (Lipinski definition) is 1. The molecule has 3 atom stereocenters. The highest BCUT2D eigenvalue weighted by Crippen LogP contribution is 2.35. The van der Waals surface area contributed by atoms with Crippen molar-refractivity contribution in [2.24, 2.45) is 0 Å². The monoisotopic (exact) mass is 309 g/mol. The van der Waals surface area contributed by atoms with E-state index in [-0.39, 0.29) is 11.3 Å². The summed E-state index contributed by atoms with van der Waals surface area (Å²) in [7, 11) is 0.957. The highest BCUT2D eigenvalue weighted by Gasteiger charge is 2.32. The molecular formula is C17H27NO2S. The van der Waals surface area contributed by atoms with Crippen LogP contribution in [0.2, 0.25) is 0 Å². The number of aryl methyl sites for hydroxylation is 1. The Labute approximate surface area is 130 Å². The van der Waals surface area contributed by atoms with Crippen LogP contribution in [0.1, 0.15) is 50.3 Å². The van der Waals surface area contributed by atoms with Crippen molar-refractivity contribution in [1.29, 1.82) is 0 Å². The second kappa shape index (κ2) is 7.95. The molecule has 3 unspecified atom stereocenters. The molecule has 0 bridgehead atoms. The van der Waals surface area contributed by atoms with Crippen molar-refractivity contribution >= 4 is 10.8 Å². The molecule has 2 rings (SSSR count). The molecule has 1 aliphatic rings. The average Bonchev–Trinajstić information content (AvgIpc) is 2.51. The van der Waals surface area contributed by atoms with Crippen LogP contribution in [0.25, 0.3) is 0 Å². The maximum Gasteiger partial charge on any atom is 0.119 e. The van der Waals surface area contributed by atoms with E-state index in [2.05, 4.69) is 31.3 Å². The van der Waals surface area contributed by atoms with Gasteiger partial charge in [0, 0.05) is 22.6 Å². The lowest BCUT2D eigenvalue weighted by molar-refractivity contribution is 0.411. The lowest BCUT2D eigenvalue weighted by Crippen LogP contribution is -2.39. The molecule has 0 saturated heterocycles. The van der Waals surface area contributed by atoms with Gasteiger partial charge in [-0.1, -0.05) is 19.9 Å². The Kier molecular flexibility index (Phi) is 6.24. The molecule has 1 aromatic rings. The number of fused-ring (bicyclic) bond motifs is 1. The second-order valence-corrected chi connectivity index (χ2v) is 7.43. The Morgan fingerprint density at radius 3 is 2.81 bits per heavy atom. The molecule has 0 heterocycles. The Hall–Kier alpha value is -0.870. The summed E-state index contributed by atoms with van der Waals surface area (Å²) in [6.45, 7) is 5.24. The third-order valence-corrected chi connectivity index (χ3v) is 6.11. The van der Waals surface area contributed by atoms with Gasteiger partial charge in [-0.25, -0.2) is 0 Å². The smallest absolute Gasteiger partial charge is 0.119 e. The summed E-state index contributed by atoms with van der Waals surface area (Å²) in [5, 5.41) is 3.85. The average molecular weight is 309 g/mol. The number of hydrogen-bond acceptors (Lipinski definition) is 3. The Morgan fingerprint density at radius 1 is 1.33 bits per heavy atom. The number of nitrogens with one attached hydrogen (secondary N) is 1. The van der Waals surface area contributed by atoms with Gasteiger partial charge in [-0.05, 0) is 55.5 Å². The molecule has 0 saturated carbocycles. The van der Waals surface area contributed by atoms with Crippen LogP contribution in [0.15, 0.2) is 18.2 Å². The minimum absolute atomic E-state index is 0.215. The molecule has 0 amide bonds. The van der Waals surface area contributed by atoms with Crippen LogP contribution >= 0.6 is 0 Å². The topological polar surface area (TPSA) is 38.3 Å². The van der Waals surface area contributed by atoms with Gasteiger partial charge in [-0.15, -0.1) is 0 Å². The second-order valence-electron chi connectivity index (χ2n) is 5.66. The Bertz CT molecular complexity index is 490. The van der Waals surface area contributed by atoms with Gasteiger partial charge in [0.1, 0.15) is 5.75 Å². The van der Waals surface area contributed by atoms with Crippen molar-refractivity contribution in [2.75, 3.05) is 19.4 Å². The van der Waals surface area contributed by atoms with Crippen molar-refractivity contribution in [3.63, 3.8) is 0 Å². The number of methoxy groups -OCH3 is 1. The van der Waals surface area contributed by atoms with Gasteiger partial charge in [-0.2, -0.15) is 0 Å². The molecule has 1 N–H and O–H groups in total. The van der Waals surface area contributed by atoms with Crippen LogP contribution < -0.4 is 10.1 Å². The largest absolute Gasteiger partial charge is 0.497 e. The first kappa shape index (κ1) is 16.5. The highest BCUT2D eigenvalue weighted by molar-refractivity contribution is 7.85. The summed E-state index contributed by atoms with van der Waals surface area (Å²) in [5.74, 6) is 1.72. The molecule has 0 radical (unpaired) electrons. The summed E-state index contributed by atoms with van der Waals surface area (Å²) in [5.41, 5.74) is 2.65. The van der Waals surface area contributed by atoms with E-state index < -0.39 is 10.8 Å². The molecule has 0 aromatic heterocycles. The van der Waals surface area contributed by atoms with Gasteiger partial charge >= 0.3 is 0 Å². The molecular weight excluding hydrogens is 282 g/mol. The number of rotatable bonds is 7. The summed E-state index contributed by atoms with van der Waals surface area (Å²) < 4.78 is 17.9. The molecule has 4 heteroatoms. The Morgan fingerprint density at radius 2 is 2.14 bits per heavy atom. The van der Waals surface area contributed by atoms with Crippen LogP contribution in [0.4, 0.5) is 0 Å². The van der Waals surface area contributed by atoms with Crippen molar-refractivity contribution in [1.82, 2.24) is 5.32 Å². The molecule has 1 aliphatic carbocycles. The third kappa shape index (κ3) is 3.86. The molecule has 3 nitrogen and oxygen atoms in total. The van der Waals surface area contributed by atoms with E-state index in [1.165, 1.54) is 11.1 Å². The van der Waals surface area contributed by atoms with Gasteiger partial charge in [0.2, 0.25) is 0 Å². The van der Waals surface area contributed by atoms with Gasteiger partial charge in [-0.3, -0.25) is 4.21 Å². The fraction of sp³-hybridized carbons (Fsp3) is 0.647. The highest BCUT2D eigenvalue weighted by atomic mass is 32.2. The lowest BCUT2D eigenvalue weighted by atomic mass is 9.87. The molecule has 0 spiro atoms. The van der Waals surface area contributed by atoms with Crippen LogP contribution in [-0.4, -0.2) is 28.9 Å². The minimum Gasteiger partial charge on any atom is -0.497 e. The first-order chi connectivity index (χ1) is 10.2. The first-order valence-electron chi connectivity index (χ1n) is 7.98. The summed E-state index contributed by atoms with van der Waals surface area (Å²) >= 11 is 0. The zero-order valence-electron chi connectivity index (χ0n) is 13.4. The van der Waals surface area contributed by atoms with Crippen LogP contribution in [-0.2, 0) is 17.2 Å². The van der Waals surface area contributed by atoms with Crippen molar-refractivity contribution < 1.29 is 8.95 Å². The fourth-order valence-electron chi connectivity index (χ4n) is 3.07. The third-order valence-electron chi connectivity index (χ3n) is 4.11. The maximum absolute atomic E-state index is 12.6. The van der Waals surface area contributed by atoms with E-state index in [4.69, 9.17) is 4.74 Å². The predicted molar refractivity (Wildman–Crippen MR) is 89.4 cm³/mol. The van der Waals surface area contributed by atoms with Gasteiger partial charge in [0.15, 0.2) is 0 Å². The normalized spacial score (nSPS) is 22.6. The molecule has 118 valence electrons. The molecule has 0 aliphatic heterocycles. The Balaban J connectivity index is 2.28. The van der Waals surface area contributed by atoms with Gasteiger partial charge < -0.3 is 10.1 Å². The predicted octanol–water partition coefficient (Wildman–Crippen LogP) is 3.21. The van der Waals surface area contributed by atoms with E-state index >= 15 is 0 Å². The van der Waals surface area contributed by atoms with E-state index in [1.807, 2.05) is 6.07 Å². The summed E-state index contributed by atoms with van der Waals surface area (Å²) in [6.07, 6.45) is 4.07.